The van der Waals surface area contributed by atoms with Gasteiger partial charge in [-0.15, -0.1) is 0 Å². The summed E-state index contributed by atoms with van der Waals surface area (Å²) < 4.78 is 22.7. The molecule has 7 heteroatoms. The van der Waals surface area contributed by atoms with Crippen LogP contribution in [-0.4, -0.2) is 54.4 Å². The number of aliphatic hydroxyl groups is 1. The van der Waals surface area contributed by atoms with Crippen LogP contribution >= 0.6 is 0 Å². The summed E-state index contributed by atoms with van der Waals surface area (Å²) in [4.78, 5) is 0. The van der Waals surface area contributed by atoms with E-state index in [1.807, 2.05) is 36.4 Å². The van der Waals surface area contributed by atoms with Crippen molar-refractivity contribution >= 4 is 0 Å². The van der Waals surface area contributed by atoms with Crippen molar-refractivity contribution in [2.75, 3.05) is 19.8 Å². The topological polar surface area (TPSA) is 86.0 Å². The molecule has 2 aromatic rings. The highest BCUT2D eigenvalue weighted by molar-refractivity contribution is 5.21. The number of aromatic nitrogens is 1. The van der Waals surface area contributed by atoms with Crippen LogP contribution in [0.25, 0.3) is 0 Å². The predicted molar refractivity (Wildman–Crippen MR) is 107 cm³/mol. The average Bonchev–Trinajstić information content (AvgIpc) is 3.21. The first-order chi connectivity index (χ1) is 14.3. The number of rotatable bonds is 8. The summed E-state index contributed by atoms with van der Waals surface area (Å²) in [6.45, 7) is 2.61. The second-order valence-corrected chi connectivity index (χ2v) is 7.83. The van der Waals surface area contributed by atoms with Gasteiger partial charge in [-0.05, 0) is 37.8 Å². The number of nitrogens with one attached hydrogen (secondary N) is 1. The van der Waals surface area contributed by atoms with Gasteiger partial charge in [0.25, 0.3) is 0 Å². The zero-order valence-electron chi connectivity index (χ0n) is 16.7. The third kappa shape index (κ3) is 6.02. The molecule has 3 heterocycles. The summed E-state index contributed by atoms with van der Waals surface area (Å²) in [5, 5.41) is 18.0. The van der Waals surface area contributed by atoms with Crippen LogP contribution in [0, 0.1) is 0 Å². The van der Waals surface area contributed by atoms with Crippen LogP contribution in [0.3, 0.4) is 0 Å². The third-order valence-electron chi connectivity index (χ3n) is 5.58. The molecule has 3 unspecified atom stereocenters. The molecule has 0 saturated carbocycles. The molecule has 158 valence electrons. The summed E-state index contributed by atoms with van der Waals surface area (Å²) in [5.41, 5.74) is 0.856. The highest BCUT2D eigenvalue weighted by Crippen LogP contribution is 2.23. The van der Waals surface area contributed by atoms with Crippen LogP contribution in [-0.2, 0) is 22.5 Å². The molecule has 1 aromatic carbocycles. The normalized spacial score (nSPS) is 25.8. The Morgan fingerprint density at radius 3 is 2.76 bits per heavy atom. The first-order valence-corrected chi connectivity index (χ1v) is 10.5. The molecule has 2 aliphatic heterocycles. The van der Waals surface area contributed by atoms with E-state index in [4.69, 9.17) is 18.7 Å². The van der Waals surface area contributed by atoms with Crippen molar-refractivity contribution in [2.45, 2.75) is 63.1 Å². The van der Waals surface area contributed by atoms with Gasteiger partial charge in [0.1, 0.15) is 12.4 Å². The first-order valence-electron chi connectivity index (χ1n) is 10.5. The quantitative estimate of drug-likeness (QED) is 0.701. The smallest absolute Gasteiger partial charge is 0.174 e. The average molecular weight is 402 g/mol. The van der Waals surface area contributed by atoms with Crippen molar-refractivity contribution in [1.29, 1.82) is 0 Å². The summed E-state index contributed by atoms with van der Waals surface area (Å²) in [7, 11) is 0. The van der Waals surface area contributed by atoms with Crippen LogP contribution in [0.1, 0.15) is 37.1 Å². The molecule has 2 saturated heterocycles. The number of nitrogens with zero attached hydrogens (tertiary/aromatic N) is 1. The van der Waals surface area contributed by atoms with E-state index in [0.29, 0.717) is 31.4 Å². The number of hydrogen-bond acceptors (Lipinski definition) is 7. The van der Waals surface area contributed by atoms with Gasteiger partial charge < -0.3 is 29.2 Å². The Bertz CT molecular complexity index is 732. The number of hydrogen-bond donors (Lipinski definition) is 2. The van der Waals surface area contributed by atoms with Gasteiger partial charge in [-0.2, -0.15) is 0 Å². The molecule has 2 aliphatic rings. The Morgan fingerprint density at radius 2 is 1.93 bits per heavy atom. The number of benzene rings is 1. The monoisotopic (exact) mass is 402 g/mol. The highest BCUT2D eigenvalue weighted by atomic mass is 16.5. The molecular formula is C22H30N2O5. The van der Waals surface area contributed by atoms with Gasteiger partial charge in [-0.1, -0.05) is 23.4 Å². The Labute approximate surface area is 171 Å². The van der Waals surface area contributed by atoms with E-state index >= 15 is 0 Å². The number of para-hydroxylation sites is 1. The molecule has 0 spiro atoms. The van der Waals surface area contributed by atoms with Crippen molar-refractivity contribution in [1.82, 2.24) is 10.5 Å². The van der Waals surface area contributed by atoms with E-state index in [-0.39, 0.29) is 12.2 Å². The molecule has 2 N–H and O–H groups in total. The fourth-order valence-corrected chi connectivity index (χ4v) is 3.89. The van der Waals surface area contributed by atoms with Crippen LogP contribution in [0.4, 0.5) is 0 Å². The fraction of sp³-hybridized carbons (Fsp3) is 0.591. The van der Waals surface area contributed by atoms with Gasteiger partial charge >= 0.3 is 0 Å². The van der Waals surface area contributed by atoms with E-state index in [2.05, 4.69) is 10.5 Å². The van der Waals surface area contributed by atoms with Gasteiger partial charge in [0.15, 0.2) is 5.76 Å². The molecule has 0 radical (unpaired) electrons. The molecule has 0 aliphatic carbocycles. The lowest BCUT2D eigenvalue weighted by Gasteiger charge is -2.35. The summed E-state index contributed by atoms with van der Waals surface area (Å²) in [6.07, 6.45) is 3.68. The van der Waals surface area contributed by atoms with Crippen molar-refractivity contribution in [3.05, 3.63) is 47.9 Å². The van der Waals surface area contributed by atoms with E-state index < -0.39 is 6.10 Å². The Hall–Kier alpha value is -1.93. The molecule has 3 atom stereocenters. The van der Waals surface area contributed by atoms with E-state index in [0.717, 1.165) is 50.3 Å². The van der Waals surface area contributed by atoms with Crippen molar-refractivity contribution in [2.24, 2.45) is 0 Å². The second kappa shape index (κ2) is 10.2. The lowest BCUT2D eigenvalue weighted by molar-refractivity contribution is -0.116. The standard InChI is InChI=1S/C22H30N2O5/c25-21-7-6-19(28-22(21)14-23-16-8-10-26-11-9-16)12-17-13-20(29-24-17)15-27-18-4-2-1-3-5-18/h1-5,13,16,19,21-23,25H,6-12,14-15H2. The van der Waals surface area contributed by atoms with Gasteiger partial charge in [0, 0.05) is 38.3 Å². The van der Waals surface area contributed by atoms with E-state index in [9.17, 15) is 5.11 Å². The summed E-state index contributed by atoms with van der Waals surface area (Å²) in [5.74, 6) is 1.49. The van der Waals surface area contributed by atoms with Crippen LogP contribution < -0.4 is 10.1 Å². The predicted octanol–water partition coefficient (Wildman–Crippen LogP) is 2.47. The zero-order valence-corrected chi connectivity index (χ0v) is 16.7. The van der Waals surface area contributed by atoms with Crippen LogP contribution in [0.15, 0.2) is 40.9 Å². The Morgan fingerprint density at radius 1 is 1.10 bits per heavy atom. The fourth-order valence-electron chi connectivity index (χ4n) is 3.89. The second-order valence-electron chi connectivity index (χ2n) is 7.83. The summed E-state index contributed by atoms with van der Waals surface area (Å²) >= 11 is 0. The maximum absolute atomic E-state index is 10.3. The molecule has 0 amide bonds. The molecule has 4 rings (SSSR count). The molecular weight excluding hydrogens is 372 g/mol. The van der Waals surface area contributed by atoms with Crippen LogP contribution in [0.5, 0.6) is 5.75 Å². The molecule has 29 heavy (non-hydrogen) atoms. The number of aliphatic hydroxyl groups excluding tert-OH is 1. The molecule has 1 aromatic heterocycles. The van der Waals surface area contributed by atoms with Crippen molar-refractivity contribution in [3.8, 4) is 5.75 Å². The van der Waals surface area contributed by atoms with E-state index in [1.54, 1.807) is 0 Å². The molecule has 2 fully saturated rings. The van der Waals surface area contributed by atoms with Crippen molar-refractivity contribution in [3.63, 3.8) is 0 Å². The van der Waals surface area contributed by atoms with Gasteiger partial charge in [-0.25, -0.2) is 0 Å². The maximum atomic E-state index is 10.3. The van der Waals surface area contributed by atoms with Gasteiger partial charge in [-0.3, -0.25) is 0 Å². The zero-order chi connectivity index (χ0) is 19.9. The lowest BCUT2D eigenvalue weighted by atomic mass is 9.97. The maximum Gasteiger partial charge on any atom is 0.174 e. The SMILES string of the molecule is OC1CCC(Cc2cc(COc3ccccc3)on2)OC1CNC1CCOCC1. The Kier molecular flexibility index (Phi) is 7.16. The number of ether oxygens (including phenoxy) is 3. The molecule has 7 nitrogen and oxygen atoms in total. The molecule has 0 bridgehead atoms. The Balaban J connectivity index is 1.24. The minimum absolute atomic E-state index is 0.0351. The summed E-state index contributed by atoms with van der Waals surface area (Å²) in [6, 6.07) is 12.0. The minimum Gasteiger partial charge on any atom is -0.486 e. The first kappa shape index (κ1) is 20.3. The van der Waals surface area contributed by atoms with Gasteiger partial charge in [0.05, 0.1) is 24.0 Å². The van der Waals surface area contributed by atoms with Crippen LogP contribution in [0.2, 0.25) is 0 Å². The minimum atomic E-state index is -0.425. The lowest BCUT2D eigenvalue weighted by Crippen LogP contribution is -2.48. The van der Waals surface area contributed by atoms with Gasteiger partial charge in [0.2, 0.25) is 0 Å². The largest absolute Gasteiger partial charge is 0.486 e. The van der Waals surface area contributed by atoms with Crippen molar-refractivity contribution < 1.29 is 23.8 Å². The third-order valence-corrected chi connectivity index (χ3v) is 5.58. The van der Waals surface area contributed by atoms with E-state index in [1.165, 1.54) is 0 Å². The highest BCUT2D eigenvalue weighted by Gasteiger charge is 2.31.